The quantitative estimate of drug-likeness (QED) is 0.480. The highest BCUT2D eigenvalue weighted by molar-refractivity contribution is 6.77. The molecule has 0 unspecified atom stereocenters. The summed E-state index contributed by atoms with van der Waals surface area (Å²) >= 11 is 0. The maximum absolute atomic E-state index is 12.6. The molecule has 4 atom stereocenters. The van der Waals surface area contributed by atoms with E-state index in [0.717, 1.165) is 5.56 Å². The van der Waals surface area contributed by atoms with E-state index in [0.29, 0.717) is 16.6 Å². The maximum Gasteiger partial charge on any atom is 0.411 e. The number of ether oxygens (including phenoxy) is 1. The molecule has 0 spiro atoms. The Morgan fingerprint density at radius 3 is 2.07 bits per heavy atom. The first-order valence-corrected chi connectivity index (χ1v) is 13.2. The van der Waals surface area contributed by atoms with Gasteiger partial charge in [0.15, 0.2) is 0 Å². The zero-order valence-corrected chi connectivity index (χ0v) is 20.2. The van der Waals surface area contributed by atoms with Crippen LogP contribution in [0.3, 0.4) is 0 Å². The molecule has 0 aromatic heterocycles. The molecule has 2 fully saturated rings. The SMILES string of the molecule is CC(C)[Si](O[C@@H](C)[C@H]1NC(=O)[C@@H]1N1C(=O)OC[C@@H]1c1ccccc1)(C(C)C)C(C)C. The molecule has 3 rings (SSSR count). The van der Waals surface area contributed by atoms with Crippen molar-refractivity contribution >= 4 is 20.3 Å². The summed E-state index contributed by atoms with van der Waals surface area (Å²) in [6.07, 6.45) is -0.614. The number of carbonyl (C=O) groups is 2. The highest BCUT2D eigenvalue weighted by Gasteiger charge is 2.55. The van der Waals surface area contributed by atoms with Crippen LogP contribution in [0, 0.1) is 0 Å². The largest absolute Gasteiger partial charge is 0.447 e. The minimum absolute atomic E-state index is 0.138. The van der Waals surface area contributed by atoms with Gasteiger partial charge < -0.3 is 14.5 Å². The van der Waals surface area contributed by atoms with E-state index in [4.69, 9.17) is 9.16 Å². The number of carbonyl (C=O) groups excluding carboxylic acids is 2. The third kappa shape index (κ3) is 3.78. The van der Waals surface area contributed by atoms with Gasteiger partial charge in [-0.05, 0) is 29.1 Å². The summed E-state index contributed by atoms with van der Waals surface area (Å²) in [5.41, 5.74) is 2.32. The van der Waals surface area contributed by atoms with Crippen molar-refractivity contribution < 1.29 is 18.8 Å². The average Bonchev–Trinajstić information content (AvgIpc) is 3.04. The lowest BCUT2D eigenvalue weighted by Crippen LogP contribution is -2.74. The molecule has 30 heavy (non-hydrogen) atoms. The molecular formula is C23H36N2O4Si. The second-order valence-electron chi connectivity index (χ2n) is 9.53. The van der Waals surface area contributed by atoms with Gasteiger partial charge in [-0.2, -0.15) is 0 Å². The van der Waals surface area contributed by atoms with Gasteiger partial charge in [0.2, 0.25) is 14.2 Å². The van der Waals surface area contributed by atoms with Crippen molar-refractivity contribution in [1.82, 2.24) is 10.2 Å². The van der Waals surface area contributed by atoms with Crippen LogP contribution in [0.25, 0.3) is 0 Å². The van der Waals surface area contributed by atoms with E-state index < -0.39 is 20.5 Å². The Morgan fingerprint density at radius 1 is 1.00 bits per heavy atom. The zero-order chi connectivity index (χ0) is 22.2. The molecule has 1 aromatic carbocycles. The third-order valence-corrected chi connectivity index (χ3v) is 13.1. The number of rotatable bonds is 8. The number of nitrogens with one attached hydrogen (secondary N) is 1. The second-order valence-corrected chi connectivity index (χ2v) is 14.9. The van der Waals surface area contributed by atoms with Crippen LogP contribution >= 0.6 is 0 Å². The van der Waals surface area contributed by atoms with Crippen LogP contribution in [0.1, 0.15) is 60.1 Å². The van der Waals surface area contributed by atoms with Gasteiger partial charge in [0.25, 0.3) is 0 Å². The molecule has 1 aromatic rings. The highest BCUT2D eigenvalue weighted by Crippen LogP contribution is 2.44. The predicted octanol–water partition coefficient (Wildman–Crippen LogP) is 4.63. The summed E-state index contributed by atoms with van der Waals surface area (Å²) in [6, 6.07) is 8.69. The molecule has 0 saturated carbocycles. The average molecular weight is 433 g/mol. The minimum atomic E-state index is -2.11. The summed E-state index contributed by atoms with van der Waals surface area (Å²) in [5, 5.41) is 3.01. The molecule has 2 aliphatic rings. The van der Waals surface area contributed by atoms with Gasteiger partial charge in [0.05, 0.1) is 18.2 Å². The molecule has 1 N–H and O–H groups in total. The molecule has 0 aliphatic carbocycles. The first-order valence-electron chi connectivity index (χ1n) is 11.1. The van der Waals surface area contributed by atoms with Crippen LogP contribution in [0.4, 0.5) is 4.79 Å². The number of amides is 2. The molecule has 2 aliphatic heterocycles. The maximum atomic E-state index is 12.6. The summed E-state index contributed by atoms with van der Waals surface area (Å²) < 4.78 is 12.2. The molecule has 2 amide bonds. The van der Waals surface area contributed by atoms with Gasteiger partial charge in [0, 0.05) is 0 Å². The van der Waals surface area contributed by atoms with Gasteiger partial charge >= 0.3 is 6.09 Å². The Bertz CT molecular complexity index is 746. The number of hydrogen-bond acceptors (Lipinski definition) is 4. The molecule has 2 saturated heterocycles. The lowest BCUT2D eigenvalue weighted by atomic mass is 9.91. The van der Waals surface area contributed by atoms with E-state index >= 15 is 0 Å². The Hall–Kier alpha value is -1.86. The van der Waals surface area contributed by atoms with Crippen molar-refractivity contribution in [2.75, 3.05) is 6.61 Å². The Kier molecular flexibility index (Phi) is 6.62. The van der Waals surface area contributed by atoms with E-state index in [-0.39, 0.29) is 30.7 Å². The van der Waals surface area contributed by atoms with Crippen LogP contribution in [0.5, 0.6) is 0 Å². The molecule has 6 nitrogen and oxygen atoms in total. The highest BCUT2D eigenvalue weighted by atomic mass is 28.4. The third-order valence-electron chi connectivity index (χ3n) is 6.92. The van der Waals surface area contributed by atoms with E-state index in [1.807, 2.05) is 37.3 Å². The van der Waals surface area contributed by atoms with Gasteiger partial charge in [-0.3, -0.25) is 9.69 Å². The van der Waals surface area contributed by atoms with E-state index in [2.05, 4.69) is 46.9 Å². The number of cyclic esters (lactones) is 1. The number of β-lactam (4-membered cyclic amide) rings is 1. The summed E-state index contributed by atoms with van der Waals surface area (Å²) in [4.78, 5) is 26.8. The van der Waals surface area contributed by atoms with Gasteiger partial charge in [0.1, 0.15) is 12.6 Å². The molecular weight excluding hydrogens is 396 g/mol. The van der Waals surface area contributed by atoms with Crippen molar-refractivity contribution in [1.29, 1.82) is 0 Å². The van der Waals surface area contributed by atoms with Crippen LogP contribution in [0.2, 0.25) is 16.6 Å². The zero-order valence-electron chi connectivity index (χ0n) is 19.2. The van der Waals surface area contributed by atoms with Crippen LogP contribution < -0.4 is 5.32 Å². The van der Waals surface area contributed by atoms with Crippen molar-refractivity contribution in [3.8, 4) is 0 Å². The summed E-state index contributed by atoms with van der Waals surface area (Å²) in [6.45, 7) is 15.8. The fourth-order valence-corrected chi connectivity index (χ4v) is 11.2. The predicted molar refractivity (Wildman–Crippen MR) is 120 cm³/mol. The molecule has 2 heterocycles. The van der Waals surface area contributed by atoms with Gasteiger partial charge in [-0.1, -0.05) is 71.9 Å². The number of nitrogens with zero attached hydrogens (tertiary/aromatic N) is 1. The Balaban J connectivity index is 1.85. The summed E-state index contributed by atoms with van der Waals surface area (Å²) in [7, 11) is -2.11. The number of benzene rings is 1. The summed E-state index contributed by atoms with van der Waals surface area (Å²) in [5.74, 6) is -0.138. The fourth-order valence-electron chi connectivity index (χ4n) is 5.54. The standard InChI is InChI=1S/C23H36N2O4Si/c1-14(2)30(15(3)4,16(5)6)29-17(7)20-21(22(26)24-20)25-19(13-28-23(25)27)18-11-9-8-10-12-18/h8-12,14-17,19-21H,13H2,1-7H3,(H,24,26)/t17-,19+,20+,21+/m0/s1. The fraction of sp³-hybridized carbons (Fsp3) is 0.652. The Morgan fingerprint density at radius 2 is 1.57 bits per heavy atom. The van der Waals surface area contributed by atoms with E-state index in [1.54, 1.807) is 4.90 Å². The first-order chi connectivity index (χ1) is 14.1. The van der Waals surface area contributed by atoms with Crippen LogP contribution in [-0.4, -0.2) is 50.0 Å². The van der Waals surface area contributed by atoms with Crippen molar-refractivity contribution in [2.45, 2.75) is 89.3 Å². The normalized spacial score (nSPS) is 25.5. The molecule has 0 bridgehead atoms. The minimum Gasteiger partial charge on any atom is -0.447 e. The molecule has 166 valence electrons. The van der Waals surface area contributed by atoms with E-state index in [1.165, 1.54) is 0 Å². The van der Waals surface area contributed by atoms with Crippen molar-refractivity contribution in [3.05, 3.63) is 35.9 Å². The lowest BCUT2D eigenvalue weighted by molar-refractivity contribution is -0.139. The lowest BCUT2D eigenvalue weighted by Gasteiger charge is -2.50. The molecule has 0 radical (unpaired) electrons. The first kappa shape index (κ1) is 22.8. The Labute approximate surface area is 181 Å². The van der Waals surface area contributed by atoms with Gasteiger partial charge in [-0.15, -0.1) is 0 Å². The second kappa shape index (κ2) is 8.71. The molecule has 7 heteroatoms. The van der Waals surface area contributed by atoms with E-state index in [9.17, 15) is 9.59 Å². The topological polar surface area (TPSA) is 67.9 Å². The van der Waals surface area contributed by atoms with Crippen LogP contribution in [0.15, 0.2) is 30.3 Å². The number of hydrogen-bond donors (Lipinski definition) is 1. The van der Waals surface area contributed by atoms with Crippen molar-refractivity contribution in [2.24, 2.45) is 0 Å². The van der Waals surface area contributed by atoms with Gasteiger partial charge in [-0.25, -0.2) is 4.79 Å². The van der Waals surface area contributed by atoms with Crippen LogP contribution in [-0.2, 0) is 14.0 Å². The monoisotopic (exact) mass is 432 g/mol. The van der Waals surface area contributed by atoms with Crippen molar-refractivity contribution in [3.63, 3.8) is 0 Å². The smallest absolute Gasteiger partial charge is 0.411 e.